The van der Waals surface area contributed by atoms with Crippen LogP contribution in [0.3, 0.4) is 0 Å². The number of hydrogen-bond donors (Lipinski definition) is 1. The molecule has 0 aliphatic heterocycles. The monoisotopic (exact) mass is 417 g/mol. The molecular weight excluding hydrogens is 394 g/mol. The highest BCUT2D eigenvalue weighted by atomic mass is 16.5. The van der Waals surface area contributed by atoms with Gasteiger partial charge in [0.1, 0.15) is 16.9 Å². The number of furan rings is 1. The molecule has 0 unspecified atom stereocenters. The van der Waals surface area contributed by atoms with Crippen LogP contribution in [0.4, 0.5) is 5.69 Å². The Kier molecular flexibility index (Phi) is 5.38. The van der Waals surface area contributed by atoms with E-state index in [2.05, 4.69) is 5.32 Å². The molecule has 1 atom stereocenters. The summed E-state index contributed by atoms with van der Waals surface area (Å²) in [6.45, 7) is 5.30. The maximum Gasteiger partial charge on any atom is 0.339 e. The summed E-state index contributed by atoms with van der Waals surface area (Å²) in [7, 11) is 1.53. The Balaban J connectivity index is 1.56. The molecule has 0 aliphatic rings. The average molecular weight is 417 g/mol. The number of rotatable bonds is 5. The summed E-state index contributed by atoms with van der Waals surface area (Å²) in [4.78, 5) is 25.3. The van der Waals surface area contributed by atoms with E-state index in [4.69, 9.17) is 13.9 Å². The van der Waals surface area contributed by atoms with Crippen LogP contribution in [0.5, 0.6) is 5.75 Å². The first-order valence-electron chi connectivity index (χ1n) is 9.96. The van der Waals surface area contributed by atoms with Crippen LogP contribution < -0.4 is 10.1 Å². The van der Waals surface area contributed by atoms with Crippen LogP contribution in [-0.4, -0.2) is 25.1 Å². The molecule has 3 aromatic carbocycles. The van der Waals surface area contributed by atoms with Gasteiger partial charge in [0, 0.05) is 16.8 Å². The topological polar surface area (TPSA) is 77.8 Å². The molecule has 4 rings (SSSR count). The molecule has 1 heterocycles. The number of methoxy groups -OCH3 is 1. The van der Waals surface area contributed by atoms with Crippen molar-refractivity contribution in [3.63, 3.8) is 0 Å². The van der Waals surface area contributed by atoms with E-state index in [1.54, 1.807) is 18.2 Å². The van der Waals surface area contributed by atoms with Crippen molar-refractivity contribution in [2.75, 3.05) is 12.4 Å². The average Bonchev–Trinajstić information content (AvgIpc) is 3.12. The molecule has 0 saturated carbocycles. The number of benzene rings is 3. The summed E-state index contributed by atoms with van der Waals surface area (Å²) in [6, 6.07) is 16.6. The maximum atomic E-state index is 12.7. The van der Waals surface area contributed by atoms with Crippen molar-refractivity contribution in [3.8, 4) is 5.75 Å². The zero-order chi connectivity index (χ0) is 22.1. The number of nitrogens with one attached hydrogen (secondary N) is 1. The van der Waals surface area contributed by atoms with Gasteiger partial charge in [0.2, 0.25) is 0 Å². The third-order valence-corrected chi connectivity index (χ3v) is 5.43. The van der Waals surface area contributed by atoms with Gasteiger partial charge in [-0.25, -0.2) is 4.79 Å². The largest absolute Gasteiger partial charge is 0.495 e. The number of aryl methyl sites for hydroxylation is 1. The van der Waals surface area contributed by atoms with E-state index in [-0.39, 0.29) is 0 Å². The Labute approximate surface area is 179 Å². The summed E-state index contributed by atoms with van der Waals surface area (Å²) in [5.41, 5.74) is 4.07. The van der Waals surface area contributed by atoms with E-state index in [0.29, 0.717) is 22.6 Å². The number of esters is 1. The zero-order valence-corrected chi connectivity index (χ0v) is 17.8. The molecule has 6 heteroatoms. The van der Waals surface area contributed by atoms with Gasteiger partial charge in [-0.2, -0.15) is 0 Å². The number of anilines is 1. The highest BCUT2D eigenvalue weighted by Gasteiger charge is 2.22. The van der Waals surface area contributed by atoms with Crippen LogP contribution in [0, 0.1) is 13.8 Å². The minimum atomic E-state index is -0.997. The van der Waals surface area contributed by atoms with Crippen LogP contribution >= 0.6 is 0 Å². The predicted molar refractivity (Wildman–Crippen MR) is 120 cm³/mol. The summed E-state index contributed by atoms with van der Waals surface area (Å²) in [6.07, 6.45) is -0.997. The molecule has 4 aromatic rings. The lowest BCUT2D eigenvalue weighted by Crippen LogP contribution is -2.30. The second kappa shape index (κ2) is 8.14. The number of fused-ring (bicyclic) bond motifs is 3. The summed E-state index contributed by atoms with van der Waals surface area (Å²) >= 11 is 0. The molecule has 0 fully saturated rings. The van der Waals surface area contributed by atoms with Crippen molar-refractivity contribution in [1.29, 1.82) is 0 Å². The molecule has 1 N–H and O–H groups in total. The minimum absolute atomic E-state index is 0.439. The van der Waals surface area contributed by atoms with Gasteiger partial charge in [-0.05, 0) is 50.1 Å². The Morgan fingerprint density at radius 3 is 2.52 bits per heavy atom. The SMILES string of the molecule is COc1cc2c(cc1NC(=O)[C@H](C)OC(=O)c1cccc(C)c1C)oc1ccccc12. The van der Waals surface area contributed by atoms with Gasteiger partial charge < -0.3 is 19.2 Å². The lowest BCUT2D eigenvalue weighted by molar-refractivity contribution is -0.123. The highest BCUT2D eigenvalue weighted by Crippen LogP contribution is 2.36. The Morgan fingerprint density at radius 1 is 0.968 bits per heavy atom. The highest BCUT2D eigenvalue weighted by molar-refractivity contribution is 6.08. The van der Waals surface area contributed by atoms with Crippen LogP contribution in [-0.2, 0) is 9.53 Å². The van der Waals surface area contributed by atoms with Gasteiger partial charge in [0.15, 0.2) is 6.10 Å². The fourth-order valence-corrected chi connectivity index (χ4v) is 3.50. The van der Waals surface area contributed by atoms with Gasteiger partial charge in [-0.15, -0.1) is 0 Å². The summed E-state index contributed by atoms with van der Waals surface area (Å²) in [5.74, 6) is -0.517. The molecule has 1 amide bonds. The predicted octanol–water partition coefficient (Wildman–Crippen LogP) is 5.40. The molecular formula is C25H23NO5. The van der Waals surface area contributed by atoms with Gasteiger partial charge in [-0.1, -0.05) is 30.3 Å². The molecule has 31 heavy (non-hydrogen) atoms. The first-order valence-corrected chi connectivity index (χ1v) is 9.96. The molecule has 0 spiro atoms. The zero-order valence-electron chi connectivity index (χ0n) is 17.8. The van der Waals surface area contributed by atoms with E-state index in [9.17, 15) is 9.59 Å². The third-order valence-electron chi connectivity index (χ3n) is 5.43. The minimum Gasteiger partial charge on any atom is -0.495 e. The lowest BCUT2D eigenvalue weighted by Gasteiger charge is -2.16. The van der Waals surface area contributed by atoms with E-state index < -0.39 is 18.0 Å². The second-order valence-electron chi connectivity index (χ2n) is 7.43. The quantitative estimate of drug-likeness (QED) is 0.440. The molecule has 0 aliphatic carbocycles. The molecule has 0 saturated heterocycles. The van der Waals surface area contributed by atoms with Crippen LogP contribution in [0.1, 0.15) is 28.4 Å². The number of carbonyl (C=O) groups excluding carboxylic acids is 2. The van der Waals surface area contributed by atoms with E-state index in [0.717, 1.165) is 27.5 Å². The summed E-state index contributed by atoms with van der Waals surface area (Å²) in [5, 5.41) is 4.63. The first kappa shape index (κ1) is 20.5. The fourth-order valence-electron chi connectivity index (χ4n) is 3.50. The van der Waals surface area contributed by atoms with Crippen LogP contribution in [0.15, 0.2) is 59.0 Å². The van der Waals surface area contributed by atoms with Crippen molar-refractivity contribution in [1.82, 2.24) is 0 Å². The van der Waals surface area contributed by atoms with Crippen molar-refractivity contribution < 1.29 is 23.5 Å². The molecule has 0 radical (unpaired) electrons. The second-order valence-corrected chi connectivity index (χ2v) is 7.43. The summed E-state index contributed by atoms with van der Waals surface area (Å²) < 4.78 is 16.8. The Bertz CT molecular complexity index is 1300. The van der Waals surface area contributed by atoms with E-state index in [1.807, 2.05) is 50.2 Å². The normalized spacial score (nSPS) is 12.0. The maximum absolute atomic E-state index is 12.7. The number of amides is 1. The molecule has 1 aromatic heterocycles. The molecule has 0 bridgehead atoms. The lowest BCUT2D eigenvalue weighted by atomic mass is 10.0. The number of carbonyl (C=O) groups is 2. The van der Waals surface area contributed by atoms with E-state index >= 15 is 0 Å². The van der Waals surface area contributed by atoms with Crippen molar-refractivity contribution >= 4 is 39.5 Å². The van der Waals surface area contributed by atoms with Crippen LogP contribution in [0.2, 0.25) is 0 Å². The number of hydrogen-bond acceptors (Lipinski definition) is 5. The van der Waals surface area contributed by atoms with Gasteiger partial charge in [0.05, 0.1) is 18.4 Å². The van der Waals surface area contributed by atoms with Gasteiger partial charge >= 0.3 is 5.97 Å². The smallest absolute Gasteiger partial charge is 0.339 e. The van der Waals surface area contributed by atoms with Gasteiger partial charge in [0.25, 0.3) is 5.91 Å². The Morgan fingerprint density at radius 2 is 1.74 bits per heavy atom. The number of ether oxygens (including phenoxy) is 2. The molecule has 158 valence electrons. The van der Waals surface area contributed by atoms with Crippen LogP contribution in [0.25, 0.3) is 21.9 Å². The van der Waals surface area contributed by atoms with Crippen molar-refractivity contribution in [3.05, 3.63) is 71.3 Å². The number of para-hydroxylation sites is 1. The van der Waals surface area contributed by atoms with Crippen molar-refractivity contribution in [2.45, 2.75) is 26.9 Å². The first-order chi connectivity index (χ1) is 14.9. The van der Waals surface area contributed by atoms with Gasteiger partial charge in [-0.3, -0.25) is 4.79 Å². The third kappa shape index (κ3) is 3.84. The van der Waals surface area contributed by atoms with E-state index in [1.165, 1.54) is 14.0 Å². The molecule has 6 nitrogen and oxygen atoms in total. The standard InChI is InChI=1S/C25H23NO5/c1-14-8-7-10-17(15(14)2)25(28)30-16(3)24(27)26-20-13-22-19(12-23(20)29-4)18-9-5-6-11-21(18)31-22/h5-13,16H,1-4H3,(H,26,27)/t16-/m0/s1. The van der Waals surface area contributed by atoms with Crippen molar-refractivity contribution in [2.24, 2.45) is 0 Å². The Hall–Kier alpha value is -3.80. The fraction of sp³-hybridized carbons (Fsp3) is 0.200.